The molecule has 2 aromatic carbocycles. The molecule has 0 spiro atoms. The molecular formula is C14H10Cl3FO. The summed E-state index contributed by atoms with van der Waals surface area (Å²) in [5.41, 5.74) is 1.23. The van der Waals surface area contributed by atoms with Gasteiger partial charge in [0.1, 0.15) is 0 Å². The number of hydrogen-bond acceptors (Lipinski definition) is 1. The van der Waals surface area contributed by atoms with Crippen LogP contribution in [0.25, 0.3) is 0 Å². The molecule has 0 radical (unpaired) electrons. The highest BCUT2D eigenvalue weighted by molar-refractivity contribution is 6.43. The van der Waals surface area contributed by atoms with Crippen molar-refractivity contribution in [3.8, 4) is 5.75 Å². The lowest BCUT2D eigenvalue weighted by molar-refractivity contribution is 0.386. The largest absolute Gasteiger partial charge is 0.494 e. The first-order valence-electron chi connectivity index (χ1n) is 5.46. The van der Waals surface area contributed by atoms with Crippen LogP contribution in [0.3, 0.4) is 0 Å². The molecule has 0 fully saturated rings. The minimum absolute atomic E-state index is 0.171. The molecule has 0 heterocycles. The van der Waals surface area contributed by atoms with Gasteiger partial charge in [0.15, 0.2) is 11.6 Å². The molecule has 0 aliphatic carbocycles. The second kappa shape index (κ2) is 6.00. The van der Waals surface area contributed by atoms with Crippen molar-refractivity contribution in [3.63, 3.8) is 0 Å². The molecule has 1 nitrogen and oxygen atoms in total. The monoisotopic (exact) mass is 318 g/mol. The molecule has 2 rings (SSSR count). The number of hydrogen-bond donors (Lipinski definition) is 0. The van der Waals surface area contributed by atoms with Gasteiger partial charge in [0.2, 0.25) is 0 Å². The zero-order chi connectivity index (χ0) is 14.0. The third-order valence-corrected chi connectivity index (χ3v) is 4.04. The Morgan fingerprint density at radius 3 is 2.53 bits per heavy atom. The van der Waals surface area contributed by atoms with Gasteiger partial charge in [-0.05, 0) is 29.3 Å². The van der Waals surface area contributed by atoms with Crippen LogP contribution in [0.1, 0.15) is 16.5 Å². The molecular weight excluding hydrogens is 310 g/mol. The molecule has 1 atom stereocenters. The van der Waals surface area contributed by atoms with E-state index >= 15 is 0 Å². The zero-order valence-corrected chi connectivity index (χ0v) is 12.2. The summed E-state index contributed by atoms with van der Waals surface area (Å²) in [6.07, 6.45) is 0. The Hall–Kier alpha value is -0.960. The van der Waals surface area contributed by atoms with Crippen LogP contribution in [0.5, 0.6) is 5.75 Å². The number of halogens is 4. The van der Waals surface area contributed by atoms with Crippen LogP contribution in [-0.2, 0) is 0 Å². The molecule has 0 aliphatic heterocycles. The van der Waals surface area contributed by atoms with Crippen molar-refractivity contribution in [2.45, 2.75) is 5.38 Å². The van der Waals surface area contributed by atoms with Crippen molar-refractivity contribution in [2.24, 2.45) is 0 Å². The lowest BCUT2D eigenvalue weighted by Crippen LogP contribution is -1.97. The maximum absolute atomic E-state index is 13.7. The molecule has 2 aromatic rings. The van der Waals surface area contributed by atoms with Crippen molar-refractivity contribution < 1.29 is 9.13 Å². The third kappa shape index (κ3) is 2.97. The first kappa shape index (κ1) is 14.4. The maximum atomic E-state index is 13.7. The molecule has 0 saturated heterocycles. The van der Waals surface area contributed by atoms with E-state index in [4.69, 9.17) is 39.5 Å². The summed E-state index contributed by atoms with van der Waals surface area (Å²) < 4.78 is 18.5. The van der Waals surface area contributed by atoms with Gasteiger partial charge in [-0.3, -0.25) is 0 Å². The molecule has 0 aromatic heterocycles. The number of ether oxygens (including phenoxy) is 1. The fourth-order valence-corrected chi connectivity index (χ4v) is 2.53. The highest BCUT2D eigenvalue weighted by atomic mass is 35.5. The Labute approximate surface area is 125 Å². The van der Waals surface area contributed by atoms with Gasteiger partial charge in [-0.15, -0.1) is 11.6 Å². The molecule has 0 N–H and O–H groups in total. The predicted molar refractivity (Wildman–Crippen MR) is 77.1 cm³/mol. The first-order valence-corrected chi connectivity index (χ1v) is 6.65. The minimum atomic E-state index is -0.577. The summed E-state index contributed by atoms with van der Waals surface area (Å²) in [5, 5.41) is 0.214. The smallest absolute Gasteiger partial charge is 0.165 e. The molecule has 19 heavy (non-hydrogen) atoms. The van der Waals surface area contributed by atoms with Crippen LogP contribution >= 0.6 is 34.8 Å². The average molecular weight is 320 g/mol. The molecule has 0 saturated carbocycles. The number of alkyl halides is 1. The third-order valence-electron chi connectivity index (χ3n) is 2.72. The van der Waals surface area contributed by atoms with E-state index < -0.39 is 11.2 Å². The number of methoxy groups -OCH3 is 1. The summed E-state index contributed by atoms with van der Waals surface area (Å²) in [6, 6.07) is 9.72. The highest BCUT2D eigenvalue weighted by Gasteiger charge is 2.17. The van der Waals surface area contributed by atoms with Crippen LogP contribution in [-0.4, -0.2) is 7.11 Å². The summed E-state index contributed by atoms with van der Waals surface area (Å²) in [7, 11) is 1.41. The average Bonchev–Trinajstić information content (AvgIpc) is 2.41. The fourth-order valence-electron chi connectivity index (χ4n) is 1.74. The van der Waals surface area contributed by atoms with Gasteiger partial charge in [-0.25, -0.2) is 4.39 Å². The van der Waals surface area contributed by atoms with Gasteiger partial charge >= 0.3 is 0 Å². The molecule has 0 amide bonds. The minimum Gasteiger partial charge on any atom is -0.494 e. The van der Waals surface area contributed by atoms with E-state index in [-0.39, 0.29) is 5.75 Å². The van der Waals surface area contributed by atoms with Crippen LogP contribution < -0.4 is 4.74 Å². The van der Waals surface area contributed by atoms with E-state index in [1.807, 2.05) is 0 Å². The van der Waals surface area contributed by atoms with Crippen molar-refractivity contribution in [2.75, 3.05) is 7.11 Å². The first-order chi connectivity index (χ1) is 9.04. The van der Waals surface area contributed by atoms with Crippen LogP contribution in [0.15, 0.2) is 36.4 Å². The van der Waals surface area contributed by atoms with Crippen molar-refractivity contribution >= 4 is 34.8 Å². The molecule has 5 heteroatoms. The lowest BCUT2D eigenvalue weighted by atomic mass is 10.0. The lowest BCUT2D eigenvalue weighted by Gasteiger charge is -2.14. The van der Waals surface area contributed by atoms with Crippen LogP contribution in [0.4, 0.5) is 4.39 Å². The van der Waals surface area contributed by atoms with Gasteiger partial charge in [-0.2, -0.15) is 0 Å². The van der Waals surface area contributed by atoms with Crippen LogP contribution in [0, 0.1) is 5.82 Å². The standard InChI is InChI=1S/C14H10Cl3FO/c1-19-12-6-5-8(7-11(12)18)13(16)9-3-2-4-10(15)14(9)17/h2-7,13H,1H3. The SMILES string of the molecule is COc1ccc(C(Cl)c2cccc(Cl)c2Cl)cc1F. The van der Waals surface area contributed by atoms with Crippen LogP contribution in [0.2, 0.25) is 10.0 Å². The van der Waals surface area contributed by atoms with E-state index in [9.17, 15) is 4.39 Å². The Kier molecular flexibility index (Phi) is 4.56. The Morgan fingerprint density at radius 2 is 1.89 bits per heavy atom. The van der Waals surface area contributed by atoms with Crippen molar-refractivity contribution in [1.29, 1.82) is 0 Å². The van der Waals surface area contributed by atoms with E-state index in [1.165, 1.54) is 19.2 Å². The quantitative estimate of drug-likeness (QED) is 0.682. The number of rotatable bonds is 3. The van der Waals surface area contributed by atoms with Gasteiger partial charge < -0.3 is 4.74 Å². The summed E-state index contributed by atoms with van der Waals surface area (Å²) in [4.78, 5) is 0. The second-order valence-electron chi connectivity index (χ2n) is 3.90. The Bertz CT molecular complexity index is 601. The van der Waals surface area contributed by atoms with Gasteiger partial charge in [0.25, 0.3) is 0 Å². The fraction of sp³-hybridized carbons (Fsp3) is 0.143. The van der Waals surface area contributed by atoms with Crippen molar-refractivity contribution in [1.82, 2.24) is 0 Å². The maximum Gasteiger partial charge on any atom is 0.165 e. The summed E-state index contributed by atoms with van der Waals surface area (Å²) in [6.45, 7) is 0. The van der Waals surface area contributed by atoms with Gasteiger partial charge in [0.05, 0.1) is 22.5 Å². The molecule has 0 aliphatic rings. The van der Waals surface area contributed by atoms with Gasteiger partial charge in [0, 0.05) is 0 Å². The Morgan fingerprint density at radius 1 is 1.16 bits per heavy atom. The second-order valence-corrected chi connectivity index (χ2v) is 5.12. The topological polar surface area (TPSA) is 9.23 Å². The molecule has 100 valence electrons. The van der Waals surface area contributed by atoms with E-state index in [0.29, 0.717) is 21.2 Å². The number of benzene rings is 2. The molecule has 1 unspecified atom stereocenters. The summed E-state index contributed by atoms with van der Waals surface area (Å²) >= 11 is 18.4. The zero-order valence-electron chi connectivity index (χ0n) is 9.96. The van der Waals surface area contributed by atoms with E-state index in [0.717, 1.165) is 0 Å². The highest BCUT2D eigenvalue weighted by Crippen LogP contribution is 2.37. The van der Waals surface area contributed by atoms with Crippen molar-refractivity contribution in [3.05, 3.63) is 63.4 Å². The molecule has 0 bridgehead atoms. The Balaban J connectivity index is 2.41. The summed E-state index contributed by atoms with van der Waals surface area (Å²) in [5.74, 6) is -0.298. The predicted octanol–water partition coefficient (Wildman–Crippen LogP) is 5.47. The van der Waals surface area contributed by atoms with E-state index in [1.54, 1.807) is 24.3 Å². The van der Waals surface area contributed by atoms with Gasteiger partial charge in [-0.1, -0.05) is 41.4 Å². The normalized spacial score (nSPS) is 12.3. The van der Waals surface area contributed by atoms with E-state index in [2.05, 4.69) is 0 Å².